The molecule has 0 saturated heterocycles. The van der Waals surface area contributed by atoms with Gasteiger partial charge in [-0.3, -0.25) is 23.7 Å². The molecule has 2 aromatic heterocycles. The van der Waals surface area contributed by atoms with Crippen LogP contribution in [0.4, 0.5) is 5.69 Å². The monoisotopic (exact) mass is 388 g/mol. The van der Waals surface area contributed by atoms with Gasteiger partial charge >= 0.3 is 5.97 Å². The summed E-state index contributed by atoms with van der Waals surface area (Å²) in [5.74, 6) is -1.90. The number of hydrogen-bond acceptors (Lipinski definition) is 5. The van der Waals surface area contributed by atoms with Crippen molar-refractivity contribution in [1.82, 2.24) is 24.9 Å². The molecule has 0 atom stereocenters. The second kappa shape index (κ2) is 8.68. The molecule has 0 radical (unpaired) electrons. The van der Waals surface area contributed by atoms with Crippen molar-refractivity contribution in [2.75, 3.05) is 5.32 Å². The Morgan fingerprint density at radius 1 is 1.14 bits per heavy atom. The van der Waals surface area contributed by atoms with Crippen LogP contribution < -0.4 is 10.6 Å². The highest BCUT2D eigenvalue weighted by Crippen LogP contribution is 2.20. The van der Waals surface area contributed by atoms with Gasteiger partial charge in [0.2, 0.25) is 0 Å². The minimum Gasteiger partial charge on any atom is -0.480 e. The maximum absolute atomic E-state index is 12.7. The quantitative estimate of drug-likeness (QED) is 0.659. The third-order valence-corrected chi connectivity index (χ3v) is 4.66. The van der Waals surface area contributed by atoms with E-state index in [4.69, 9.17) is 5.11 Å². The topological polar surface area (TPSA) is 131 Å². The summed E-state index contributed by atoms with van der Waals surface area (Å²) in [4.78, 5) is 35.9. The first kappa shape index (κ1) is 19.6. The van der Waals surface area contributed by atoms with E-state index in [-0.39, 0.29) is 29.9 Å². The van der Waals surface area contributed by atoms with Gasteiger partial charge in [-0.2, -0.15) is 10.2 Å². The van der Waals surface area contributed by atoms with E-state index in [1.807, 2.05) is 6.92 Å². The molecule has 1 saturated carbocycles. The number of aliphatic carboxylic acids is 1. The number of amides is 2. The van der Waals surface area contributed by atoms with Crippen molar-refractivity contribution in [3.05, 3.63) is 29.8 Å². The first-order valence-corrected chi connectivity index (χ1v) is 9.41. The van der Waals surface area contributed by atoms with Crippen LogP contribution in [0.3, 0.4) is 0 Å². The smallest absolute Gasteiger partial charge is 0.325 e. The molecule has 3 rings (SSSR count). The average molecular weight is 388 g/mol. The molecule has 1 aliphatic carbocycles. The lowest BCUT2D eigenvalue weighted by Crippen LogP contribution is -2.36. The van der Waals surface area contributed by atoms with Crippen LogP contribution in [-0.2, 0) is 17.9 Å². The first-order chi connectivity index (χ1) is 13.5. The van der Waals surface area contributed by atoms with Gasteiger partial charge in [0, 0.05) is 25.0 Å². The maximum Gasteiger partial charge on any atom is 0.325 e. The molecule has 1 aliphatic rings. The number of carboxylic acids is 1. The van der Waals surface area contributed by atoms with Crippen molar-refractivity contribution >= 4 is 23.5 Å². The Kier molecular flexibility index (Phi) is 6.07. The zero-order chi connectivity index (χ0) is 20.1. The summed E-state index contributed by atoms with van der Waals surface area (Å²) in [5, 5.41) is 22.7. The molecule has 2 heterocycles. The molecule has 28 heavy (non-hydrogen) atoms. The summed E-state index contributed by atoms with van der Waals surface area (Å²) >= 11 is 0. The molecule has 0 unspecified atom stereocenters. The number of aryl methyl sites for hydroxylation is 1. The average Bonchev–Trinajstić information content (AvgIpc) is 3.29. The van der Waals surface area contributed by atoms with Crippen LogP contribution in [-0.4, -0.2) is 48.5 Å². The van der Waals surface area contributed by atoms with E-state index < -0.39 is 11.9 Å². The maximum atomic E-state index is 12.7. The first-order valence-electron chi connectivity index (χ1n) is 9.41. The van der Waals surface area contributed by atoms with E-state index in [0.717, 1.165) is 30.4 Å². The Hall–Kier alpha value is -3.17. The Labute approximate surface area is 161 Å². The Balaban J connectivity index is 1.72. The van der Waals surface area contributed by atoms with Gasteiger partial charge in [0.15, 0.2) is 11.4 Å². The van der Waals surface area contributed by atoms with Crippen LogP contribution in [0.5, 0.6) is 0 Å². The van der Waals surface area contributed by atoms with Crippen molar-refractivity contribution in [2.45, 2.75) is 58.2 Å². The molecule has 0 bridgehead atoms. The molecular formula is C18H24N6O4. The summed E-state index contributed by atoms with van der Waals surface area (Å²) < 4.78 is 2.73. The molecule has 1 fully saturated rings. The number of anilines is 1. The second-order valence-corrected chi connectivity index (χ2v) is 6.80. The van der Waals surface area contributed by atoms with E-state index in [1.54, 1.807) is 10.9 Å². The summed E-state index contributed by atoms with van der Waals surface area (Å²) in [6.07, 6.45) is 8.28. The fourth-order valence-electron chi connectivity index (χ4n) is 3.24. The van der Waals surface area contributed by atoms with Gasteiger partial charge in [0.25, 0.3) is 11.8 Å². The summed E-state index contributed by atoms with van der Waals surface area (Å²) in [5.41, 5.74) is 0.517. The molecule has 0 aromatic carbocycles. The van der Waals surface area contributed by atoms with Crippen LogP contribution in [0.15, 0.2) is 18.5 Å². The van der Waals surface area contributed by atoms with Crippen molar-refractivity contribution in [3.8, 4) is 0 Å². The normalized spacial score (nSPS) is 14.6. The number of hydrogen-bond donors (Lipinski definition) is 3. The number of aromatic nitrogens is 4. The lowest BCUT2D eigenvalue weighted by atomic mass is 9.95. The minimum atomic E-state index is -1.05. The highest BCUT2D eigenvalue weighted by Gasteiger charge is 2.23. The number of nitrogens with zero attached hydrogens (tertiary/aromatic N) is 4. The van der Waals surface area contributed by atoms with Gasteiger partial charge in [-0.05, 0) is 25.8 Å². The van der Waals surface area contributed by atoms with Gasteiger partial charge in [-0.1, -0.05) is 19.3 Å². The van der Waals surface area contributed by atoms with Crippen LogP contribution in [0.2, 0.25) is 0 Å². The van der Waals surface area contributed by atoms with Crippen molar-refractivity contribution in [2.24, 2.45) is 0 Å². The fraction of sp³-hybridized carbons (Fsp3) is 0.500. The molecule has 2 amide bonds. The highest BCUT2D eigenvalue weighted by atomic mass is 16.4. The van der Waals surface area contributed by atoms with E-state index >= 15 is 0 Å². The number of carbonyl (C=O) groups excluding carboxylic acids is 2. The van der Waals surface area contributed by atoms with E-state index in [0.29, 0.717) is 12.2 Å². The molecule has 3 N–H and O–H groups in total. The van der Waals surface area contributed by atoms with Crippen LogP contribution in [0, 0.1) is 0 Å². The van der Waals surface area contributed by atoms with Crippen molar-refractivity contribution in [3.63, 3.8) is 0 Å². The van der Waals surface area contributed by atoms with E-state index in [9.17, 15) is 14.4 Å². The molecule has 2 aromatic rings. The van der Waals surface area contributed by atoms with E-state index in [1.165, 1.54) is 18.7 Å². The lowest BCUT2D eigenvalue weighted by molar-refractivity contribution is -0.137. The summed E-state index contributed by atoms with van der Waals surface area (Å²) in [6, 6.07) is 1.55. The Morgan fingerprint density at radius 2 is 1.89 bits per heavy atom. The standard InChI is InChI=1S/C18H24N6O4/c1-2-23-10-14(16(22-23)18(28)19-12-6-4-3-5-7-12)20-17(27)13-8-9-24(21-13)11-15(25)26/h8-10,12H,2-7,11H2,1H3,(H,19,28)(H,20,27)(H,25,26). The van der Waals surface area contributed by atoms with Crippen LogP contribution >= 0.6 is 0 Å². The molecule has 10 nitrogen and oxygen atoms in total. The SMILES string of the molecule is CCn1cc(NC(=O)c2ccn(CC(=O)O)n2)c(C(=O)NC2CCCCC2)n1. The molecule has 150 valence electrons. The van der Waals surface area contributed by atoms with Crippen LogP contribution in [0.25, 0.3) is 0 Å². The van der Waals surface area contributed by atoms with Gasteiger partial charge < -0.3 is 15.7 Å². The number of nitrogens with one attached hydrogen (secondary N) is 2. The third kappa shape index (κ3) is 4.76. The second-order valence-electron chi connectivity index (χ2n) is 6.80. The summed E-state index contributed by atoms with van der Waals surface area (Å²) in [6.45, 7) is 2.10. The Morgan fingerprint density at radius 3 is 2.57 bits per heavy atom. The molecule has 0 aliphatic heterocycles. The number of carbonyl (C=O) groups is 3. The van der Waals surface area contributed by atoms with E-state index in [2.05, 4.69) is 20.8 Å². The predicted octanol–water partition coefficient (Wildman–Crippen LogP) is 1.50. The van der Waals surface area contributed by atoms with Gasteiger partial charge in [-0.25, -0.2) is 0 Å². The van der Waals surface area contributed by atoms with Crippen molar-refractivity contribution < 1.29 is 19.5 Å². The molecular weight excluding hydrogens is 364 g/mol. The molecule has 10 heteroatoms. The highest BCUT2D eigenvalue weighted by molar-refractivity contribution is 6.07. The van der Waals surface area contributed by atoms with Crippen LogP contribution in [0.1, 0.15) is 60.0 Å². The summed E-state index contributed by atoms with van der Waals surface area (Å²) in [7, 11) is 0. The minimum absolute atomic E-state index is 0.0594. The van der Waals surface area contributed by atoms with Crippen molar-refractivity contribution in [1.29, 1.82) is 0 Å². The zero-order valence-corrected chi connectivity index (χ0v) is 15.7. The largest absolute Gasteiger partial charge is 0.480 e. The third-order valence-electron chi connectivity index (χ3n) is 4.66. The predicted molar refractivity (Wildman–Crippen MR) is 100 cm³/mol. The molecule has 0 spiro atoms. The van der Waals surface area contributed by atoms with Gasteiger partial charge in [0.05, 0.1) is 5.69 Å². The number of carboxylic acid groups (broad SMARTS) is 1. The lowest BCUT2D eigenvalue weighted by Gasteiger charge is -2.22. The number of rotatable bonds is 7. The van der Waals surface area contributed by atoms with Gasteiger partial charge in [0.1, 0.15) is 6.54 Å². The van der Waals surface area contributed by atoms with Gasteiger partial charge in [-0.15, -0.1) is 0 Å². The zero-order valence-electron chi connectivity index (χ0n) is 15.7. The Bertz CT molecular complexity index is 865. The fourth-order valence-corrected chi connectivity index (χ4v) is 3.24.